The first-order valence-electron chi connectivity index (χ1n) is 14.4. The quantitative estimate of drug-likeness (QED) is 0.151. The summed E-state index contributed by atoms with van der Waals surface area (Å²) in [6.45, 7) is 3.03. The van der Waals surface area contributed by atoms with Gasteiger partial charge in [-0.3, -0.25) is 0 Å². The van der Waals surface area contributed by atoms with Crippen molar-refractivity contribution < 1.29 is 36.0 Å². The highest BCUT2D eigenvalue weighted by Crippen LogP contribution is 2.57. The summed E-state index contributed by atoms with van der Waals surface area (Å²) in [5, 5.41) is -2.30. The van der Waals surface area contributed by atoms with Crippen molar-refractivity contribution in [1.29, 1.82) is 0 Å². The van der Waals surface area contributed by atoms with Gasteiger partial charge >= 0.3 is 11.2 Å². The lowest BCUT2D eigenvalue weighted by Gasteiger charge is -2.55. The molecule has 1 saturated heterocycles. The van der Waals surface area contributed by atoms with Gasteiger partial charge in [0.25, 0.3) is 0 Å². The third-order valence-corrected chi connectivity index (χ3v) is 12.1. The number of alkyl halides is 2. The fraction of sp³-hybridized carbons (Fsp3) is 0.633. The van der Waals surface area contributed by atoms with E-state index in [0.29, 0.717) is 47.9 Å². The fourth-order valence-electron chi connectivity index (χ4n) is 7.34. The molecule has 2 aromatic rings. The van der Waals surface area contributed by atoms with E-state index in [0.717, 1.165) is 38.0 Å². The zero-order valence-corrected chi connectivity index (χ0v) is 24.5. The highest BCUT2D eigenvalue weighted by Gasteiger charge is 2.57. The molecule has 4 bridgehead atoms. The Hall–Kier alpha value is -1.91. The minimum absolute atomic E-state index is 0.353. The maximum Gasteiger partial charge on any atom is 0.428 e. The summed E-state index contributed by atoms with van der Waals surface area (Å²) in [6.07, 6.45) is 9.66. The van der Waals surface area contributed by atoms with Crippen LogP contribution in [0.5, 0.6) is 5.75 Å². The number of fused-ring (bicyclic) bond motifs is 1. The molecular weight excluding hydrogens is 558 g/mol. The molecule has 5 aliphatic rings. The van der Waals surface area contributed by atoms with Crippen LogP contribution in [0, 0.1) is 17.8 Å². The Morgan fingerprint density at radius 1 is 1.00 bits per heavy atom. The molecule has 4 aliphatic carbocycles. The van der Waals surface area contributed by atoms with Gasteiger partial charge in [-0.1, -0.05) is 31.5 Å². The van der Waals surface area contributed by atoms with Crippen LogP contribution in [0.2, 0.25) is 0 Å². The average molecular weight is 597 g/mol. The number of ether oxygens (including phenoxy) is 2. The molecule has 0 amide bonds. The van der Waals surface area contributed by atoms with E-state index >= 15 is 0 Å². The van der Waals surface area contributed by atoms with Crippen molar-refractivity contribution in [2.45, 2.75) is 86.9 Å². The van der Waals surface area contributed by atoms with Gasteiger partial charge in [0, 0.05) is 21.7 Å². The van der Waals surface area contributed by atoms with Gasteiger partial charge in [-0.15, -0.1) is 0 Å². The van der Waals surface area contributed by atoms with Crippen LogP contribution in [-0.4, -0.2) is 47.9 Å². The maximum atomic E-state index is 13.2. The lowest BCUT2D eigenvalue weighted by Crippen LogP contribution is -2.55. The molecule has 1 aliphatic heterocycles. The first-order valence-corrected chi connectivity index (χ1v) is 17.4. The maximum absolute atomic E-state index is 13.2. The minimum Gasteiger partial charge on any atom is -0.743 e. The molecular formula is C30H38F2O6S2. The van der Waals surface area contributed by atoms with Crippen molar-refractivity contribution in [3.8, 4) is 5.75 Å². The third-order valence-electron chi connectivity index (χ3n) is 8.78. The predicted molar refractivity (Wildman–Crippen MR) is 151 cm³/mol. The van der Waals surface area contributed by atoms with Crippen molar-refractivity contribution in [2.75, 3.05) is 18.1 Å². The topological polar surface area (TPSA) is 92.7 Å². The van der Waals surface area contributed by atoms with Crippen LogP contribution in [0.4, 0.5) is 8.78 Å². The number of unbranched alkanes of at least 4 members (excludes halogenated alkanes) is 1. The van der Waals surface area contributed by atoms with Crippen LogP contribution >= 0.6 is 0 Å². The van der Waals surface area contributed by atoms with Gasteiger partial charge in [0.05, 0.1) is 6.61 Å². The monoisotopic (exact) mass is 596 g/mol. The highest BCUT2D eigenvalue weighted by atomic mass is 32.2. The fourth-order valence-corrected chi connectivity index (χ4v) is 10.1. The molecule has 10 heteroatoms. The standard InChI is InChI=1S/C18H23OS.C12H16F2O5S/c1-2-3-12-19-17-10-11-18(20-13-6-7-14-20)16-9-5-4-8-15(16)17;13-12(14,20(16,17)18)10(15)19-11-4-7-1-8(5-11)3-9(2-7)6-11/h4-5,8-11H,2-3,6-7,12-14H2,1H3;7-9H,1-6H2,(H,16,17,18)/q+1;/p-1. The Morgan fingerprint density at radius 2 is 1.57 bits per heavy atom. The second kappa shape index (κ2) is 11.8. The van der Waals surface area contributed by atoms with Gasteiger partial charge in [-0.05, 0) is 93.7 Å². The number of carbonyl (C=O) groups excluding carboxylic acids is 1. The molecule has 0 unspecified atom stereocenters. The van der Waals surface area contributed by atoms with Crippen LogP contribution in [0.3, 0.4) is 0 Å². The van der Waals surface area contributed by atoms with Gasteiger partial charge in [0.1, 0.15) is 22.9 Å². The van der Waals surface area contributed by atoms with Crippen molar-refractivity contribution in [2.24, 2.45) is 17.8 Å². The molecule has 0 atom stereocenters. The number of carbonyl (C=O) groups is 1. The van der Waals surface area contributed by atoms with Crippen molar-refractivity contribution in [3.05, 3.63) is 36.4 Å². The normalized spacial score (nSPS) is 27.9. The second-order valence-corrected chi connectivity index (χ2v) is 15.5. The van der Waals surface area contributed by atoms with Gasteiger partial charge in [-0.25, -0.2) is 13.2 Å². The van der Waals surface area contributed by atoms with Gasteiger partial charge in [-0.2, -0.15) is 8.78 Å². The molecule has 1 heterocycles. The van der Waals surface area contributed by atoms with Crippen molar-refractivity contribution in [1.82, 2.24) is 0 Å². The molecule has 0 radical (unpaired) electrons. The average Bonchev–Trinajstić information content (AvgIpc) is 3.42. The number of rotatable bonds is 8. The predicted octanol–water partition coefficient (Wildman–Crippen LogP) is 6.43. The zero-order chi connectivity index (χ0) is 28.5. The third kappa shape index (κ3) is 6.14. The molecule has 5 fully saturated rings. The molecule has 6 nitrogen and oxygen atoms in total. The van der Waals surface area contributed by atoms with E-state index in [2.05, 4.69) is 43.3 Å². The number of benzene rings is 2. The number of hydrogen-bond donors (Lipinski definition) is 0. The van der Waals surface area contributed by atoms with E-state index in [-0.39, 0.29) is 0 Å². The van der Waals surface area contributed by atoms with Gasteiger partial charge in [0.2, 0.25) is 0 Å². The number of esters is 1. The van der Waals surface area contributed by atoms with Crippen LogP contribution in [0.1, 0.15) is 71.1 Å². The first kappa shape index (κ1) is 29.6. The van der Waals surface area contributed by atoms with E-state index in [1.54, 1.807) is 4.90 Å². The Morgan fingerprint density at radius 3 is 2.12 bits per heavy atom. The van der Waals surface area contributed by atoms with Gasteiger partial charge < -0.3 is 14.0 Å². The summed E-state index contributed by atoms with van der Waals surface area (Å²) in [7, 11) is -5.58. The smallest absolute Gasteiger partial charge is 0.428 e. The molecule has 0 aromatic heterocycles. The summed E-state index contributed by atoms with van der Waals surface area (Å²) >= 11 is 0. The summed E-state index contributed by atoms with van der Waals surface area (Å²) in [6, 6.07) is 13.3. The van der Waals surface area contributed by atoms with Crippen LogP contribution in [0.25, 0.3) is 10.8 Å². The minimum atomic E-state index is -6.04. The highest BCUT2D eigenvalue weighted by molar-refractivity contribution is 7.97. The Kier molecular flexibility index (Phi) is 8.70. The van der Waals surface area contributed by atoms with E-state index in [4.69, 9.17) is 9.47 Å². The molecule has 7 rings (SSSR count). The largest absolute Gasteiger partial charge is 0.743 e. The molecule has 0 spiro atoms. The summed E-state index contributed by atoms with van der Waals surface area (Å²) < 4.78 is 68.7. The summed E-state index contributed by atoms with van der Waals surface area (Å²) in [4.78, 5) is 13.0. The zero-order valence-electron chi connectivity index (χ0n) is 22.9. The Bertz CT molecular complexity index is 1290. The SMILES string of the molecule is CCCCOc1ccc([S+]2CCCC2)c2ccccc12.O=C(OC12CC3CC(CC(C3)C1)C2)C(F)(F)S(=O)(=O)[O-]. The van der Waals surface area contributed by atoms with Crippen LogP contribution in [0.15, 0.2) is 41.3 Å². The van der Waals surface area contributed by atoms with Crippen molar-refractivity contribution >= 4 is 37.8 Å². The molecule has 220 valence electrons. The molecule has 0 N–H and O–H groups in total. The van der Waals surface area contributed by atoms with Gasteiger partial charge in [0.15, 0.2) is 15.0 Å². The Balaban J connectivity index is 0.000000161. The number of halogens is 2. The van der Waals surface area contributed by atoms with Crippen LogP contribution in [-0.2, 0) is 30.5 Å². The first-order chi connectivity index (χ1) is 19.0. The lowest BCUT2D eigenvalue weighted by molar-refractivity contribution is -0.201. The van der Waals surface area contributed by atoms with Crippen molar-refractivity contribution in [3.63, 3.8) is 0 Å². The molecule has 4 saturated carbocycles. The second-order valence-electron chi connectivity index (χ2n) is 11.9. The number of hydrogen-bond acceptors (Lipinski definition) is 6. The summed E-state index contributed by atoms with van der Waals surface area (Å²) in [5.41, 5.74) is -0.986. The Labute approximate surface area is 238 Å². The van der Waals surface area contributed by atoms with E-state index < -0.39 is 26.9 Å². The van der Waals surface area contributed by atoms with E-state index in [1.807, 2.05) is 0 Å². The summed E-state index contributed by atoms with van der Waals surface area (Å²) in [5.74, 6) is 2.65. The lowest BCUT2D eigenvalue weighted by atomic mass is 9.54. The molecule has 2 aromatic carbocycles. The van der Waals surface area contributed by atoms with Crippen LogP contribution < -0.4 is 4.74 Å². The molecule has 40 heavy (non-hydrogen) atoms. The van der Waals surface area contributed by atoms with E-state index in [1.165, 1.54) is 41.5 Å². The van der Waals surface area contributed by atoms with E-state index in [9.17, 15) is 26.5 Å².